The number of rotatable bonds is 4. The molecule has 7 nitrogen and oxygen atoms in total. The minimum Gasteiger partial charge on any atom is -0.430 e. The molecule has 0 aliphatic rings. The van der Waals surface area contributed by atoms with Gasteiger partial charge in [0.2, 0.25) is 11.6 Å². The summed E-state index contributed by atoms with van der Waals surface area (Å²) < 4.78 is 5.42. The normalized spacial score (nSPS) is 10.3. The second kappa shape index (κ2) is 6.13. The van der Waals surface area contributed by atoms with E-state index in [0.29, 0.717) is 0 Å². The number of benzene rings is 1. The molecular weight excluding hydrogens is 319 g/mol. The number of hydrogen-bond donors (Lipinski definition) is 2. The number of nitro benzene ring substituents is 1. The number of aromatic nitrogens is 1. The molecule has 1 heterocycles. The van der Waals surface area contributed by atoms with Gasteiger partial charge in [0.15, 0.2) is 5.82 Å². The first-order valence-electron chi connectivity index (χ1n) is 5.68. The zero-order chi connectivity index (χ0) is 15.6. The quantitative estimate of drug-likeness (QED) is 0.504. The third-order valence-electron chi connectivity index (χ3n) is 2.55. The summed E-state index contributed by atoms with van der Waals surface area (Å²) in [4.78, 5) is 14.5. The van der Waals surface area contributed by atoms with Gasteiger partial charge in [-0.05, 0) is 24.6 Å². The van der Waals surface area contributed by atoms with Crippen molar-refractivity contribution in [3.8, 4) is 11.6 Å². The van der Waals surface area contributed by atoms with Gasteiger partial charge in [-0.15, -0.1) is 0 Å². The van der Waals surface area contributed by atoms with E-state index >= 15 is 0 Å². The molecule has 0 unspecified atom stereocenters. The molecule has 0 fully saturated rings. The summed E-state index contributed by atoms with van der Waals surface area (Å²) in [5, 5.41) is 11.4. The predicted octanol–water partition coefficient (Wildman–Crippen LogP) is 3.68. The van der Waals surface area contributed by atoms with Gasteiger partial charge in [0.1, 0.15) is 5.02 Å². The zero-order valence-electron chi connectivity index (χ0n) is 10.8. The summed E-state index contributed by atoms with van der Waals surface area (Å²) >= 11 is 11.8. The Morgan fingerprint density at radius 3 is 2.67 bits per heavy atom. The highest BCUT2D eigenvalue weighted by Gasteiger charge is 2.18. The average Bonchev–Trinajstić information content (AvgIpc) is 2.43. The molecule has 0 spiro atoms. The Kier molecular flexibility index (Phi) is 4.46. The summed E-state index contributed by atoms with van der Waals surface area (Å²) in [5.74, 6) is 5.38. The molecule has 0 saturated carbocycles. The number of nitrogens with one attached hydrogen (secondary N) is 1. The van der Waals surface area contributed by atoms with Gasteiger partial charge in [-0.25, -0.2) is 5.84 Å². The molecular formula is C12H10Cl2N4O3. The fraction of sp³-hybridized carbons (Fsp3) is 0.0833. The Bertz CT molecular complexity index is 709. The first-order chi connectivity index (χ1) is 9.92. The second-order valence-corrected chi connectivity index (χ2v) is 4.89. The van der Waals surface area contributed by atoms with Crippen molar-refractivity contribution in [2.75, 3.05) is 5.43 Å². The second-order valence-electron chi connectivity index (χ2n) is 4.08. The number of aryl methyl sites for hydroxylation is 1. The molecule has 2 rings (SSSR count). The number of halogens is 2. The van der Waals surface area contributed by atoms with Crippen LogP contribution in [0, 0.1) is 17.0 Å². The predicted molar refractivity (Wildman–Crippen MR) is 80.0 cm³/mol. The smallest absolute Gasteiger partial charge is 0.311 e. The molecule has 0 bridgehead atoms. The van der Waals surface area contributed by atoms with E-state index in [0.717, 1.165) is 5.56 Å². The third kappa shape index (κ3) is 3.33. The Balaban J connectivity index is 2.45. The highest BCUT2D eigenvalue weighted by Crippen LogP contribution is 2.36. The van der Waals surface area contributed by atoms with Gasteiger partial charge in [0.05, 0.1) is 9.95 Å². The van der Waals surface area contributed by atoms with Crippen molar-refractivity contribution in [2.24, 2.45) is 5.84 Å². The van der Waals surface area contributed by atoms with Crippen LogP contribution in [-0.4, -0.2) is 9.91 Å². The van der Waals surface area contributed by atoms with Crippen LogP contribution in [0.15, 0.2) is 24.3 Å². The molecule has 1 aromatic heterocycles. The van der Waals surface area contributed by atoms with Crippen LogP contribution >= 0.6 is 23.2 Å². The van der Waals surface area contributed by atoms with Crippen LogP contribution in [0.2, 0.25) is 10.0 Å². The molecule has 0 aliphatic carbocycles. The summed E-state index contributed by atoms with van der Waals surface area (Å²) in [6, 6.07) is 5.91. The van der Waals surface area contributed by atoms with Crippen molar-refractivity contribution >= 4 is 34.7 Å². The highest BCUT2D eigenvalue weighted by molar-refractivity contribution is 6.36. The molecule has 1 aromatic carbocycles. The highest BCUT2D eigenvalue weighted by atomic mass is 35.5. The molecule has 0 amide bonds. The minimum atomic E-state index is -0.547. The standard InChI is InChI=1S/C12H10Cl2N4O3/c1-6-2-3-10(9(4-6)18(19)20)21-12-8(14)5-7(13)11(16-12)17-15/h2-5H,15H2,1H3,(H,16,17). The summed E-state index contributed by atoms with van der Waals surface area (Å²) in [7, 11) is 0. The Morgan fingerprint density at radius 2 is 2.05 bits per heavy atom. The van der Waals surface area contributed by atoms with E-state index in [1.165, 1.54) is 18.2 Å². The molecule has 0 radical (unpaired) electrons. The number of nitrogen functional groups attached to an aromatic ring is 1. The van der Waals surface area contributed by atoms with E-state index in [1.807, 2.05) is 0 Å². The molecule has 0 saturated heterocycles. The van der Waals surface area contributed by atoms with E-state index in [9.17, 15) is 10.1 Å². The lowest BCUT2D eigenvalue weighted by atomic mass is 10.2. The Morgan fingerprint density at radius 1 is 1.33 bits per heavy atom. The number of nitrogens with zero attached hydrogens (tertiary/aromatic N) is 2. The number of anilines is 1. The minimum absolute atomic E-state index is 0.0188. The molecule has 110 valence electrons. The maximum Gasteiger partial charge on any atom is 0.311 e. The largest absolute Gasteiger partial charge is 0.430 e. The summed E-state index contributed by atoms with van der Waals surface area (Å²) in [6.45, 7) is 1.74. The van der Waals surface area contributed by atoms with Gasteiger partial charge in [-0.3, -0.25) is 10.1 Å². The first-order valence-corrected chi connectivity index (χ1v) is 6.43. The number of pyridine rings is 1. The number of hydrazine groups is 1. The van der Waals surface area contributed by atoms with Crippen molar-refractivity contribution in [1.29, 1.82) is 0 Å². The maximum atomic E-state index is 11.0. The molecule has 3 N–H and O–H groups in total. The number of ether oxygens (including phenoxy) is 1. The van der Waals surface area contributed by atoms with Gasteiger partial charge in [-0.2, -0.15) is 4.98 Å². The van der Waals surface area contributed by atoms with Crippen molar-refractivity contribution in [3.63, 3.8) is 0 Å². The molecule has 9 heteroatoms. The van der Waals surface area contributed by atoms with E-state index in [2.05, 4.69) is 10.4 Å². The number of hydrogen-bond acceptors (Lipinski definition) is 6. The lowest BCUT2D eigenvalue weighted by molar-refractivity contribution is -0.385. The lowest BCUT2D eigenvalue weighted by Gasteiger charge is -2.10. The van der Waals surface area contributed by atoms with Crippen LogP contribution in [0.4, 0.5) is 11.5 Å². The van der Waals surface area contributed by atoms with E-state index in [1.54, 1.807) is 13.0 Å². The van der Waals surface area contributed by atoms with Crippen LogP contribution < -0.4 is 16.0 Å². The van der Waals surface area contributed by atoms with Crippen LogP contribution in [0.25, 0.3) is 0 Å². The number of nitrogens with two attached hydrogens (primary N) is 1. The van der Waals surface area contributed by atoms with E-state index in [-0.39, 0.29) is 33.2 Å². The first kappa shape index (κ1) is 15.3. The zero-order valence-corrected chi connectivity index (χ0v) is 12.3. The van der Waals surface area contributed by atoms with Crippen molar-refractivity contribution in [2.45, 2.75) is 6.92 Å². The molecule has 21 heavy (non-hydrogen) atoms. The van der Waals surface area contributed by atoms with Gasteiger partial charge >= 0.3 is 5.69 Å². The van der Waals surface area contributed by atoms with Crippen molar-refractivity contribution < 1.29 is 9.66 Å². The summed E-state index contributed by atoms with van der Waals surface area (Å²) in [6.07, 6.45) is 0. The fourth-order valence-electron chi connectivity index (χ4n) is 1.58. The monoisotopic (exact) mass is 328 g/mol. The van der Waals surface area contributed by atoms with Crippen molar-refractivity contribution in [3.05, 3.63) is 50.0 Å². The molecule has 0 aliphatic heterocycles. The lowest BCUT2D eigenvalue weighted by Crippen LogP contribution is -2.09. The van der Waals surface area contributed by atoms with E-state index < -0.39 is 4.92 Å². The number of nitro groups is 1. The van der Waals surface area contributed by atoms with Gasteiger partial charge in [-0.1, -0.05) is 29.3 Å². The van der Waals surface area contributed by atoms with Gasteiger partial charge in [0, 0.05) is 6.07 Å². The maximum absolute atomic E-state index is 11.0. The summed E-state index contributed by atoms with van der Waals surface area (Å²) in [5.41, 5.74) is 2.82. The van der Waals surface area contributed by atoms with E-state index in [4.69, 9.17) is 33.8 Å². The topological polar surface area (TPSA) is 103 Å². The fourth-order valence-corrected chi connectivity index (χ4v) is 2.03. The SMILES string of the molecule is Cc1ccc(Oc2nc(NN)c(Cl)cc2Cl)c([N+](=O)[O-])c1. The van der Waals surface area contributed by atoms with Crippen LogP contribution in [-0.2, 0) is 0 Å². The Hall–Kier alpha value is -2.09. The van der Waals surface area contributed by atoms with Gasteiger partial charge in [0.25, 0.3) is 0 Å². The van der Waals surface area contributed by atoms with Crippen LogP contribution in [0.5, 0.6) is 11.6 Å². The van der Waals surface area contributed by atoms with Crippen molar-refractivity contribution in [1.82, 2.24) is 4.98 Å². The molecule has 0 atom stereocenters. The average molecular weight is 329 g/mol. The molecule has 2 aromatic rings. The third-order valence-corrected chi connectivity index (χ3v) is 3.11. The van der Waals surface area contributed by atoms with Crippen LogP contribution in [0.1, 0.15) is 5.56 Å². The van der Waals surface area contributed by atoms with Crippen LogP contribution in [0.3, 0.4) is 0 Å². The Labute approximate surface area is 129 Å². The van der Waals surface area contributed by atoms with Gasteiger partial charge < -0.3 is 10.2 Å².